The van der Waals surface area contributed by atoms with E-state index in [-0.39, 0.29) is 29.9 Å². The minimum atomic E-state index is -2.98. The zero-order valence-electron chi connectivity index (χ0n) is 15.1. The van der Waals surface area contributed by atoms with Gasteiger partial charge in [-0.3, -0.25) is 4.79 Å². The van der Waals surface area contributed by atoms with Gasteiger partial charge in [-0.15, -0.1) is 0 Å². The maximum Gasteiger partial charge on any atom is 0.244 e. The Morgan fingerprint density at radius 3 is 2.79 bits per heavy atom. The van der Waals surface area contributed by atoms with Crippen LogP contribution < -0.4 is 5.32 Å². The van der Waals surface area contributed by atoms with Gasteiger partial charge in [0.05, 0.1) is 22.5 Å². The van der Waals surface area contributed by atoms with Crippen molar-refractivity contribution in [3.8, 4) is 0 Å². The Morgan fingerprint density at radius 1 is 1.21 bits per heavy atom. The summed E-state index contributed by atoms with van der Waals surface area (Å²) in [5, 5.41) is 2.70. The van der Waals surface area contributed by atoms with E-state index in [0.717, 1.165) is 11.0 Å². The van der Waals surface area contributed by atoms with Crippen molar-refractivity contribution in [2.24, 2.45) is 5.92 Å². The third kappa shape index (κ3) is 4.06. The maximum absolute atomic E-state index is 13.3. The molecule has 3 aromatic rings. The van der Waals surface area contributed by atoms with Gasteiger partial charge in [-0.25, -0.2) is 17.8 Å². The molecule has 1 N–H and O–H groups in total. The lowest BCUT2D eigenvalue weighted by Crippen LogP contribution is -2.21. The first kappa shape index (κ1) is 18.6. The second kappa shape index (κ2) is 7.35. The number of carbonyl (C=O) groups is 1. The minimum absolute atomic E-state index is 0.00634. The highest BCUT2D eigenvalue weighted by atomic mass is 32.2. The molecule has 0 spiro atoms. The van der Waals surface area contributed by atoms with Crippen LogP contribution in [-0.4, -0.2) is 35.4 Å². The Labute approximate surface area is 162 Å². The van der Waals surface area contributed by atoms with E-state index >= 15 is 0 Å². The zero-order valence-corrected chi connectivity index (χ0v) is 16.0. The molecule has 0 radical (unpaired) electrons. The van der Waals surface area contributed by atoms with Crippen LogP contribution in [0.25, 0.3) is 11.0 Å². The van der Waals surface area contributed by atoms with Gasteiger partial charge in [0.2, 0.25) is 5.91 Å². The van der Waals surface area contributed by atoms with Crippen molar-refractivity contribution >= 4 is 32.5 Å². The lowest BCUT2D eigenvalue weighted by Gasteiger charge is -2.12. The number of fused-ring (bicyclic) bond motifs is 1. The molecule has 4 rings (SSSR count). The predicted molar refractivity (Wildman–Crippen MR) is 105 cm³/mol. The van der Waals surface area contributed by atoms with Gasteiger partial charge in [0, 0.05) is 12.1 Å². The van der Waals surface area contributed by atoms with Crippen LogP contribution >= 0.6 is 0 Å². The summed E-state index contributed by atoms with van der Waals surface area (Å²) in [5.74, 6) is 0.344. The number of aromatic nitrogens is 2. The van der Waals surface area contributed by atoms with E-state index in [0.29, 0.717) is 24.4 Å². The van der Waals surface area contributed by atoms with Crippen molar-refractivity contribution in [1.82, 2.24) is 9.55 Å². The molecule has 1 amide bonds. The first-order valence-electron chi connectivity index (χ1n) is 9.10. The fourth-order valence-electron chi connectivity index (χ4n) is 3.66. The molecule has 8 heteroatoms. The number of nitrogens with zero attached hydrogens (tertiary/aromatic N) is 2. The van der Waals surface area contributed by atoms with Crippen molar-refractivity contribution < 1.29 is 17.6 Å². The van der Waals surface area contributed by atoms with E-state index < -0.39 is 15.7 Å². The minimum Gasteiger partial charge on any atom is -0.324 e. The van der Waals surface area contributed by atoms with Crippen molar-refractivity contribution in [3.63, 3.8) is 0 Å². The summed E-state index contributed by atoms with van der Waals surface area (Å²) in [6.07, 6.45) is 1.11. The van der Waals surface area contributed by atoms with Crippen LogP contribution in [0.2, 0.25) is 0 Å². The van der Waals surface area contributed by atoms with Gasteiger partial charge in [0.15, 0.2) is 9.84 Å². The van der Waals surface area contributed by atoms with Crippen LogP contribution in [0.5, 0.6) is 0 Å². The molecule has 1 fully saturated rings. The number of nitrogens with one attached hydrogen (secondary N) is 1. The van der Waals surface area contributed by atoms with Gasteiger partial charge >= 0.3 is 0 Å². The largest absolute Gasteiger partial charge is 0.324 e. The van der Waals surface area contributed by atoms with Gasteiger partial charge in [-0.05, 0) is 42.7 Å². The summed E-state index contributed by atoms with van der Waals surface area (Å²) in [4.78, 5) is 17.2. The smallest absolute Gasteiger partial charge is 0.244 e. The Balaban J connectivity index is 1.59. The van der Waals surface area contributed by atoms with Crippen LogP contribution in [0, 0.1) is 11.7 Å². The highest BCUT2D eigenvalue weighted by Gasteiger charge is 2.29. The molecule has 1 aromatic heterocycles. The molecule has 1 atom stereocenters. The summed E-state index contributed by atoms with van der Waals surface area (Å²) in [6, 6.07) is 13.2. The number of hydrogen-bond donors (Lipinski definition) is 1. The third-order valence-corrected chi connectivity index (χ3v) is 6.78. The molecule has 1 aliphatic rings. The van der Waals surface area contributed by atoms with E-state index in [9.17, 15) is 17.6 Å². The monoisotopic (exact) mass is 401 g/mol. The highest BCUT2D eigenvalue weighted by Crippen LogP contribution is 2.25. The summed E-state index contributed by atoms with van der Waals surface area (Å²) >= 11 is 0. The first-order valence-corrected chi connectivity index (χ1v) is 10.9. The number of rotatable bonds is 5. The molecule has 0 unspecified atom stereocenters. The Bertz CT molecular complexity index is 1140. The van der Waals surface area contributed by atoms with Crippen molar-refractivity contribution in [3.05, 3.63) is 60.2 Å². The van der Waals surface area contributed by atoms with E-state index in [2.05, 4.69) is 10.3 Å². The zero-order chi connectivity index (χ0) is 19.7. The predicted octanol–water partition coefficient (Wildman–Crippen LogP) is 2.79. The lowest BCUT2D eigenvalue weighted by molar-refractivity contribution is -0.116. The van der Waals surface area contributed by atoms with Crippen LogP contribution in [0.3, 0.4) is 0 Å². The summed E-state index contributed by atoms with van der Waals surface area (Å²) in [7, 11) is -2.98. The van der Waals surface area contributed by atoms with E-state index in [1.807, 2.05) is 28.8 Å². The molecule has 2 heterocycles. The van der Waals surface area contributed by atoms with Crippen molar-refractivity contribution in [2.45, 2.75) is 19.4 Å². The fraction of sp³-hybridized carbons (Fsp3) is 0.300. The molecule has 1 aliphatic heterocycles. The Morgan fingerprint density at radius 2 is 2.04 bits per heavy atom. The van der Waals surface area contributed by atoms with E-state index in [1.54, 1.807) is 6.07 Å². The molecular weight excluding hydrogens is 381 g/mol. The molecule has 146 valence electrons. The number of imidazole rings is 1. The highest BCUT2D eigenvalue weighted by molar-refractivity contribution is 7.91. The second-order valence-corrected chi connectivity index (χ2v) is 9.36. The number of amides is 1. The normalized spacial score (nSPS) is 18.4. The number of anilines is 1. The molecular formula is C20H20FN3O3S. The number of halogens is 1. The van der Waals surface area contributed by atoms with Crippen LogP contribution in [0.15, 0.2) is 48.5 Å². The molecule has 1 saturated heterocycles. The summed E-state index contributed by atoms with van der Waals surface area (Å²) in [5.41, 5.74) is 1.96. The van der Waals surface area contributed by atoms with Gasteiger partial charge in [0.1, 0.15) is 18.2 Å². The SMILES string of the molecule is O=C(Cn1c(C[C@H]2CCS(=O)(=O)C2)nc2ccccc21)Nc1cccc(F)c1. The van der Waals surface area contributed by atoms with Crippen LogP contribution in [-0.2, 0) is 27.6 Å². The summed E-state index contributed by atoms with van der Waals surface area (Å²) < 4.78 is 38.7. The first-order chi connectivity index (χ1) is 13.4. The third-order valence-electron chi connectivity index (χ3n) is 4.94. The molecule has 0 bridgehead atoms. The molecule has 0 aliphatic carbocycles. The molecule has 6 nitrogen and oxygen atoms in total. The molecule has 0 saturated carbocycles. The fourth-order valence-corrected chi connectivity index (χ4v) is 5.52. The maximum atomic E-state index is 13.3. The van der Waals surface area contributed by atoms with Gasteiger partial charge in [0.25, 0.3) is 0 Å². The Kier molecular flexibility index (Phi) is 4.89. The van der Waals surface area contributed by atoms with Gasteiger partial charge in [-0.2, -0.15) is 0 Å². The summed E-state index contributed by atoms with van der Waals surface area (Å²) in [6.45, 7) is 0.0197. The van der Waals surface area contributed by atoms with Crippen LogP contribution in [0.4, 0.5) is 10.1 Å². The average molecular weight is 401 g/mol. The topological polar surface area (TPSA) is 81.1 Å². The van der Waals surface area contributed by atoms with E-state index in [4.69, 9.17) is 0 Å². The lowest BCUT2D eigenvalue weighted by atomic mass is 10.1. The van der Waals surface area contributed by atoms with Gasteiger partial charge < -0.3 is 9.88 Å². The number of sulfone groups is 1. The van der Waals surface area contributed by atoms with E-state index in [1.165, 1.54) is 18.2 Å². The Hall–Kier alpha value is -2.74. The molecule has 2 aromatic carbocycles. The van der Waals surface area contributed by atoms with Crippen LogP contribution in [0.1, 0.15) is 12.2 Å². The average Bonchev–Trinajstić information content (AvgIpc) is 3.15. The second-order valence-electron chi connectivity index (χ2n) is 7.13. The number of benzene rings is 2. The van der Waals surface area contributed by atoms with Crippen molar-refractivity contribution in [2.75, 3.05) is 16.8 Å². The van der Waals surface area contributed by atoms with Crippen molar-refractivity contribution in [1.29, 1.82) is 0 Å². The number of para-hydroxylation sites is 2. The standard InChI is InChI=1S/C20H20FN3O3S/c21-15-4-3-5-16(11-15)22-20(25)12-24-18-7-2-1-6-17(18)23-19(24)10-14-8-9-28(26,27)13-14/h1-7,11,14H,8-10,12-13H2,(H,22,25)/t14-/m1/s1. The molecule has 28 heavy (non-hydrogen) atoms. The number of hydrogen-bond acceptors (Lipinski definition) is 4. The quantitative estimate of drug-likeness (QED) is 0.713. The van der Waals surface area contributed by atoms with Gasteiger partial charge in [-0.1, -0.05) is 18.2 Å². The number of carbonyl (C=O) groups excluding carboxylic acids is 1.